The molecule has 2 aromatic rings. The second-order valence-electron chi connectivity index (χ2n) is 6.02. The van der Waals surface area contributed by atoms with Crippen molar-refractivity contribution in [3.8, 4) is 5.75 Å². The molecule has 0 fully saturated rings. The number of carbonyl (C=O) groups excluding carboxylic acids is 1. The minimum absolute atomic E-state index is 0.261. The molecule has 0 spiro atoms. The summed E-state index contributed by atoms with van der Waals surface area (Å²) in [6.45, 7) is 2.58. The lowest BCUT2D eigenvalue weighted by molar-refractivity contribution is 0.104. The number of nitrogens with zero attached hydrogens (tertiary/aromatic N) is 1. The molecule has 0 saturated carbocycles. The molecule has 0 unspecified atom stereocenters. The van der Waals surface area contributed by atoms with Crippen LogP contribution in [0.15, 0.2) is 39.6 Å². The van der Waals surface area contributed by atoms with Gasteiger partial charge in [-0.05, 0) is 49.1 Å². The predicted molar refractivity (Wildman–Crippen MR) is 92.8 cm³/mol. The number of carbonyl (C=O) groups is 1. The van der Waals surface area contributed by atoms with E-state index >= 15 is 0 Å². The van der Waals surface area contributed by atoms with Crippen LogP contribution in [0.25, 0.3) is 6.08 Å². The Bertz CT molecular complexity index is 879. The van der Waals surface area contributed by atoms with Crippen LogP contribution in [0.2, 0.25) is 0 Å². The maximum absolute atomic E-state index is 12.2. The molecule has 0 aliphatic carbocycles. The second-order valence-corrected chi connectivity index (χ2v) is 6.02. The van der Waals surface area contributed by atoms with Crippen LogP contribution in [0, 0.1) is 6.92 Å². The zero-order chi connectivity index (χ0) is 17.3. The van der Waals surface area contributed by atoms with Crippen LogP contribution in [0.3, 0.4) is 0 Å². The lowest BCUT2D eigenvalue weighted by Crippen LogP contribution is -2.24. The Balaban J connectivity index is 1.86. The highest BCUT2D eigenvalue weighted by atomic mass is 16.4. The van der Waals surface area contributed by atoms with E-state index in [9.17, 15) is 14.7 Å². The van der Waals surface area contributed by atoms with Crippen molar-refractivity contribution in [3.05, 3.63) is 63.2 Å². The number of hydrogen-bond donors (Lipinski definition) is 1. The molecule has 0 radical (unpaired) electrons. The molecule has 1 aromatic heterocycles. The lowest BCUT2D eigenvalue weighted by atomic mass is 9.99. The topological polar surface area (TPSA) is 70.8 Å². The van der Waals surface area contributed by atoms with Gasteiger partial charge in [-0.1, -0.05) is 12.1 Å². The van der Waals surface area contributed by atoms with Crippen LogP contribution < -0.4 is 10.5 Å². The number of aromatic hydroxyl groups is 1. The molecule has 3 rings (SSSR count). The van der Waals surface area contributed by atoms with Gasteiger partial charge in [-0.2, -0.15) is 0 Å². The number of anilines is 1. The minimum atomic E-state index is -0.825. The van der Waals surface area contributed by atoms with Gasteiger partial charge in [0, 0.05) is 25.3 Å². The number of fused-ring (bicyclic) bond motifs is 1. The monoisotopic (exact) mass is 325 g/mol. The fourth-order valence-corrected chi connectivity index (χ4v) is 2.99. The number of benzene rings is 1. The van der Waals surface area contributed by atoms with Crippen molar-refractivity contribution in [1.82, 2.24) is 0 Å². The molecular formula is C19H19NO4. The summed E-state index contributed by atoms with van der Waals surface area (Å²) in [7, 11) is 2.07. The van der Waals surface area contributed by atoms with Crippen molar-refractivity contribution in [2.75, 3.05) is 18.5 Å². The molecule has 0 bridgehead atoms. The van der Waals surface area contributed by atoms with Crippen molar-refractivity contribution < 1.29 is 14.3 Å². The van der Waals surface area contributed by atoms with Crippen LogP contribution >= 0.6 is 0 Å². The largest absolute Gasteiger partial charge is 0.507 e. The van der Waals surface area contributed by atoms with Gasteiger partial charge in [0.15, 0.2) is 5.78 Å². The van der Waals surface area contributed by atoms with Gasteiger partial charge < -0.3 is 14.4 Å². The maximum Gasteiger partial charge on any atom is 0.351 e. The lowest BCUT2D eigenvalue weighted by Gasteiger charge is -2.27. The van der Waals surface area contributed by atoms with E-state index in [2.05, 4.69) is 11.9 Å². The Morgan fingerprint density at radius 1 is 1.33 bits per heavy atom. The third-order valence-electron chi connectivity index (χ3n) is 4.18. The molecule has 5 nitrogen and oxygen atoms in total. The molecule has 5 heteroatoms. The summed E-state index contributed by atoms with van der Waals surface area (Å²) in [5.74, 6) is -0.668. The van der Waals surface area contributed by atoms with E-state index in [0.29, 0.717) is 0 Å². The van der Waals surface area contributed by atoms with E-state index in [-0.39, 0.29) is 17.1 Å². The molecule has 1 N–H and O–H groups in total. The fourth-order valence-electron chi connectivity index (χ4n) is 2.99. The number of ketones is 1. The normalized spacial score (nSPS) is 14.0. The molecule has 0 atom stereocenters. The fraction of sp³-hybridized carbons (Fsp3) is 0.263. The van der Waals surface area contributed by atoms with Crippen molar-refractivity contribution in [3.63, 3.8) is 0 Å². The summed E-state index contributed by atoms with van der Waals surface area (Å²) in [6.07, 6.45) is 5.05. The van der Waals surface area contributed by atoms with Gasteiger partial charge in [0.05, 0.1) is 0 Å². The van der Waals surface area contributed by atoms with Gasteiger partial charge >= 0.3 is 5.63 Å². The van der Waals surface area contributed by atoms with E-state index in [4.69, 9.17) is 4.42 Å². The van der Waals surface area contributed by atoms with Crippen molar-refractivity contribution >= 4 is 17.5 Å². The Morgan fingerprint density at radius 3 is 2.88 bits per heavy atom. The van der Waals surface area contributed by atoms with Crippen molar-refractivity contribution in [1.29, 1.82) is 0 Å². The van der Waals surface area contributed by atoms with Crippen LogP contribution in [0.4, 0.5) is 5.69 Å². The van der Waals surface area contributed by atoms with Gasteiger partial charge in [-0.3, -0.25) is 4.79 Å². The van der Waals surface area contributed by atoms with Crippen molar-refractivity contribution in [2.45, 2.75) is 19.8 Å². The molecule has 24 heavy (non-hydrogen) atoms. The first-order valence-electron chi connectivity index (χ1n) is 7.86. The zero-order valence-electron chi connectivity index (χ0n) is 13.7. The number of allylic oxidation sites excluding steroid dienone is 1. The van der Waals surface area contributed by atoms with Crippen LogP contribution in [0.1, 0.15) is 33.7 Å². The van der Waals surface area contributed by atoms with E-state index in [0.717, 1.165) is 24.9 Å². The SMILES string of the molecule is Cc1cc(O)c(C(=O)C=Cc2ccc3c(c2)CCCN3C)c(=O)o1. The Hall–Kier alpha value is -2.82. The molecule has 1 aliphatic heterocycles. The van der Waals surface area contributed by atoms with Crippen LogP contribution in [0.5, 0.6) is 5.75 Å². The summed E-state index contributed by atoms with van der Waals surface area (Å²) in [4.78, 5) is 26.2. The molecule has 2 heterocycles. The maximum atomic E-state index is 12.2. The summed E-state index contributed by atoms with van der Waals surface area (Å²) in [5, 5.41) is 9.81. The average Bonchev–Trinajstić information content (AvgIpc) is 2.52. The molecular weight excluding hydrogens is 306 g/mol. The van der Waals surface area contributed by atoms with Gasteiger partial charge in [-0.25, -0.2) is 4.79 Å². The first-order valence-corrected chi connectivity index (χ1v) is 7.86. The summed E-state index contributed by atoms with van der Waals surface area (Å²) in [6, 6.07) is 7.28. The Kier molecular flexibility index (Phi) is 4.25. The molecule has 0 saturated heterocycles. The minimum Gasteiger partial charge on any atom is -0.507 e. The first-order chi connectivity index (χ1) is 11.5. The molecule has 124 valence electrons. The summed E-state index contributed by atoms with van der Waals surface area (Å²) >= 11 is 0. The van der Waals surface area contributed by atoms with Gasteiger partial charge in [0.2, 0.25) is 0 Å². The highest BCUT2D eigenvalue weighted by Gasteiger charge is 2.16. The quantitative estimate of drug-likeness (QED) is 0.694. The zero-order valence-corrected chi connectivity index (χ0v) is 13.7. The molecule has 1 aliphatic rings. The van der Waals surface area contributed by atoms with Crippen LogP contribution in [-0.4, -0.2) is 24.5 Å². The van der Waals surface area contributed by atoms with E-state index in [1.165, 1.54) is 30.3 Å². The number of rotatable bonds is 3. The van der Waals surface area contributed by atoms with Gasteiger partial charge in [0.1, 0.15) is 17.1 Å². The van der Waals surface area contributed by atoms with Gasteiger partial charge in [0.25, 0.3) is 0 Å². The summed E-state index contributed by atoms with van der Waals surface area (Å²) < 4.78 is 4.87. The predicted octanol–water partition coefficient (Wildman–Crippen LogP) is 2.93. The van der Waals surface area contributed by atoms with Crippen LogP contribution in [-0.2, 0) is 6.42 Å². The average molecular weight is 325 g/mol. The van der Waals surface area contributed by atoms with E-state index in [1.807, 2.05) is 18.2 Å². The standard InChI is InChI=1S/C19H19NO4/c1-12-10-17(22)18(19(23)24-12)16(21)8-6-13-5-7-15-14(11-13)4-3-9-20(15)2/h5-8,10-11,22H,3-4,9H2,1-2H3. The molecule has 1 aromatic carbocycles. The first kappa shape index (κ1) is 16.1. The second kappa shape index (κ2) is 6.35. The third-order valence-corrected chi connectivity index (χ3v) is 4.18. The van der Waals surface area contributed by atoms with E-state index < -0.39 is 11.4 Å². The van der Waals surface area contributed by atoms with Crippen molar-refractivity contribution in [2.24, 2.45) is 0 Å². The number of hydrogen-bond acceptors (Lipinski definition) is 5. The molecule has 0 amide bonds. The highest BCUT2D eigenvalue weighted by molar-refractivity contribution is 6.08. The highest BCUT2D eigenvalue weighted by Crippen LogP contribution is 2.27. The number of aryl methyl sites for hydroxylation is 2. The Morgan fingerprint density at radius 2 is 2.12 bits per heavy atom. The smallest absolute Gasteiger partial charge is 0.351 e. The van der Waals surface area contributed by atoms with E-state index in [1.54, 1.807) is 6.08 Å². The summed E-state index contributed by atoms with van der Waals surface area (Å²) in [5.41, 5.74) is 2.18. The van der Waals surface area contributed by atoms with Gasteiger partial charge in [-0.15, -0.1) is 0 Å². The third kappa shape index (κ3) is 3.11. The Labute approximate surface area is 139 Å².